The van der Waals surface area contributed by atoms with E-state index >= 15 is 0 Å². The van der Waals surface area contributed by atoms with E-state index < -0.39 is 5.41 Å². The van der Waals surface area contributed by atoms with E-state index in [0.717, 1.165) is 16.8 Å². The van der Waals surface area contributed by atoms with Crippen LogP contribution in [0.15, 0.2) is 42.5 Å². The van der Waals surface area contributed by atoms with Gasteiger partial charge in [-0.3, -0.25) is 4.79 Å². The molecule has 0 spiro atoms. The molecule has 2 nitrogen and oxygen atoms in total. The summed E-state index contributed by atoms with van der Waals surface area (Å²) < 4.78 is 0. The Morgan fingerprint density at radius 3 is 2.45 bits per heavy atom. The van der Waals surface area contributed by atoms with Crippen LogP contribution in [0.25, 0.3) is 0 Å². The molecule has 0 saturated heterocycles. The lowest BCUT2D eigenvalue weighted by Gasteiger charge is -2.23. The highest BCUT2D eigenvalue weighted by Crippen LogP contribution is 2.43. The predicted octanol–water partition coefficient (Wildman–Crippen LogP) is 4.92. The van der Waals surface area contributed by atoms with Crippen LogP contribution in [0.2, 0.25) is 5.02 Å². The molecule has 2 aromatic rings. The number of halogens is 1. The number of hydrogen-bond acceptors (Lipinski definition) is 1. The van der Waals surface area contributed by atoms with Crippen molar-refractivity contribution in [3.05, 3.63) is 64.2 Å². The third-order valence-electron chi connectivity index (χ3n) is 4.52. The van der Waals surface area contributed by atoms with Gasteiger partial charge in [0.1, 0.15) is 0 Å². The van der Waals surface area contributed by atoms with Gasteiger partial charge in [-0.1, -0.05) is 55.8 Å². The van der Waals surface area contributed by atoms with E-state index in [4.69, 9.17) is 11.6 Å². The van der Waals surface area contributed by atoms with E-state index in [1.165, 1.54) is 5.56 Å². The summed E-state index contributed by atoms with van der Waals surface area (Å²) in [4.78, 5) is 12.5. The van der Waals surface area contributed by atoms with Crippen LogP contribution in [-0.4, -0.2) is 5.91 Å². The summed E-state index contributed by atoms with van der Waals surface area (Å²) in [7, 11) is 0. The van der Waals surface area contributed by atoms with Gasteiger partial charge in [0.2, 0.25) is 5.91 Å². The molecular formula is C19H20ClNO. The van der Waals surface area contributed by atoms with Crippen molar-refractivity contribution in [1.82, 2.24) is 0 Å². The summed E-state index contributed by atoms with van der Waals surface area (Å²) in [6, 6.07) is 14.1. The smallest absolute Gasteiger partial charge is 0.235 e. The number of nitrogens with one attached hydrogen (secondary N) is 1. The van der Waals surface area contributed by atoms with Crippen LogP contribution in [0.3, 0.4) is 0 Å². The SMILES string of the molecule is CC(C)c1ccc(CC2(C)C(=O)Nc3cccc(Cl)c32)cc1. The second-order valence-corrected chi connectivity index (χ2v) is 6.93. The highest BCUT2D eigenvalue weighted by molar-refractivity contribution is 6.33. The fourth-order valence-corrected chi connectivity index (χ4v) is 3.54. The monoisotopic (exact) mass is 313 g/mol. The molecule has 1 atom stereocenters. The number of carbonyl (C=O) groups is 1. The zero-order chi connectivity index (χ0) is 15.9. The van der Waals surface area contributed by atoms with Gasteiger partial charge in [-0.05, 0) is 42.5 Å². The number of fused-ring (bicyclic) bond motifs is 1. The number of hydrogen-bond donors (Lipinski definition) is 1. The summed E-state index contributed by atoms with van der Waals surface area (Å²) >= 11 is 6.36. The first-order valence-corrected chi connectivity index (χ1v) is 7.99. The number of anilines is 1. The standard InChI is InChI=1S/C19H20ClNO/c1-12(2)14-9-7-13(8-10-14)11-19(3)17-15(20)5-4-6-16(17)21-18(19)22/h4-10,12H,11H2,1-3H3,(H,21,22). The average molecular weight is 314 g/mol. The van der Waals surface area contributed by atoms with Crippen molar-refractivity contribution < 1.29 is 4.79 Å². The van der Waals surface area contributed by atoms with Gasteiger partial charge in [-0.2, -0.15) is 0 Å². The van der Waals surface area contributed by atoms with Crippen LogP contribution in [-0.2, 0) is 16.6 Å². The van der Waals surface area contributed by atoms with Crippen LogP contribution in [0.1, 0.15) is 43.4 Å². The molecule has 0 aliphatic carbocycles. The first kappa shape index (κ1) is 15.1. The van der Waals surface area contributed by atoms with Gasteiger partial charge < -0.3 is 5.32 Å². The Morgan fingerprint density at radius 1 is 1.14 bits per heavy atom. The summed E-state index contributed by atoms with van der Waals surface area (Å²) in [5.74, 6) is 0.526. The Kier molecular flexibility index (Phi) is 3.73. The Morgan fingerprint density at radius 2 is 1.82 bits per heavy atom. The lowest BCUT2D eigenvalue weighted by molar-refractivity contribution is -0.120. The minimum atomic E-state index is -0.618. The quantitative estimate of drug-likeness (QED) is 0.856. The Bertz CT molecular complexity index is 721. The zero-order valence-electron chi connectivity index (χ0n) is 13.1. The van der Waals surface area contributed by atoms with Gasteiger partial charge in [-0.15, -0.1) is 0 Å². The van der Waals surface area contributed by atoms with Crippen LogP contribution in [0.4, 0.5) is 5.69 Å². The fourth-order valence-electron chi connectivity index (χ4n) is 3.16. The molecule has 1 aliphatic heterocycles. The summed E-state index contributed by atoms with van der Waals surface area (Å²) in [5.41, 5.74) is 3.58. The molecule has 0 radical (unpaired) electrons. The summed E-state index contributed by atoms with van der Waals surface area (Å²) in [6.07, 6.45) is 0.647. The highest BCUT2D eigenvalue weighted by atomic mass is 35.5. The number of carbonyl (C=O) groups excluding carboxylic acids is 1. The number of rotatable bonds is 3. The van der Waals surface area contributed by atoms with Crippen LogP contribution < -0.4 is 5.32 Å². The van der Waals surface area contributed by atoms with Crippen molar-refractivity contribution in [2.45, 2.75) is 38.5 Å². The van der Waals surface area contributed by atoms with Gasteiger partial charge in [-0.25, -0.2) is 0 Å². The molecule has 0 bridgehead atoms. The van der Waals surface area contributed by atoms with Crippen molar-refractivity contribution >= 4 is 23.2 Å². The molecule has 1 N–H and O–H groups in total. The van der Waals surface area contributed by atoms with Crippen molar-refractivity contribution in [2.75, 3.05) is 5.32 Å². The second-order valence-electron chi connectivity index (χ2n) is 6.52. The predicted molar refractivity (Wildman–Crippen MR) is 91.7 cm³/mol. The molecule has 1 heterocycles. The molecule has 22 heavy (non-hydrogen) atoms. The summed E-state index contributed by atoms with van der Waals surface area (Å²) in [6.45, 7) is 6.32. The number of amides is 1. The minimum absolute atomic E-state index is 0.0172. The molecule has 0 saturated carbocycles. The third kappa shape index (κ3) is 2.42. The maximum absolute atomic E-state index is 12.5. The van der Waals surface area contributed by atoms with Crippen molar-refractivity contribution in [2.24, 2.45) is 0 Å². The largest absolute Gasteiger partial charge is 0.325 e. The lowest BCUT2D eigenvalue weighted by Crippen LogP contribution is -2.33. The topological polar surface area (TPSA) is 29.1 Å². The van der Waals surface area contributed by atoms with Gasteiger partial charge in [0.15, 0.2) is 0 Å². The second kappa shape index (κ2) is 5.44. The highest BCUT2D eigenvalue weighted by Gasteiger charge is 2.44. The average Bonchev–Trinajstić information content (AvgIpc) is 2.72. The molecular weight excluding hydrogens is 294 g/mol. The molecule has 3 heteroatoms. The minimum Gasteiger partial charge on any atom is -0.325 e. The van der Waals surface area contributed by atoms with Crippen LogP contribution in [0.5, 0.6) is 0 Å². The van der Waals surface area contributed by atoms with E-state index in [0.29, 0.717) is 17.4 Å². The van der Waals surface area contributed by atoms with Gasteiger partial charge in [0.25, 0.3) is 0 Å². The van der Waals surface area contributed by atoms with Crippen molar-refractivity contribution in [1.29, 1.82) is 0 Å². The van der Waals surface area contributed by atoms with E-state index in [-0.39, 0.29) is 5.91 Å². The third-order valence-corrected chi connectivity index (χ3v) is 4.83. The van der Waals surface area contributed by atoms with Gasteiger partial charge in [0.05, 0.1) is 5.41 Å². The zero-order valence-corrected chi connectivity index (χ0v) is 13.9. The Balaban J connectivity index is 1.96. The van der Waals surface area contributed by atoms with E-state index in [1.54, 1.807) is 0 Å². The first-order valence-electron chi connectivity index (χ1n) is 7.61. The molecule has 1 unspecified atom stereocenters. The van der Waals surface area contributed by atoms with Crippen molar-refractivity contribution in [3.8, 4) is 0 Å². The van der Waals surface area contributed by atoms with Crippen LogP contribution >= 0.6 is 11.6 Å². The summed E-state index contributed by atoms with van der Waals surface area (Å²) in [5, 5.41) is 3.61. The van der Waals surface area contributed by atoms with E-state index in [2.05, 4.69) is 43.4 Å². The van der Waals surface area contributed by atoms with Crippen molar-refractivity contribution in [3.63, 3.8) is 0 Å². The maximum atomic E-state index is 12.5. The molecule has 0 fully saturated rings. The molecule has 3 rings (SSSR count). The molecule has 0 aromatic heterocycles. The first-order chi connectivity index (χ1) is 10.4. The van der Waals surface area contributed by atoms with Gasteiger partial charge in [0, 0.05) is 16.3 Å². The molecule has 1 amide bonds. The number of benzene rings is 2. The molecule has 1 aliphatic rings. The molecule has 114 valence electrons. The van der Waals surface area contributed by atoms with Crippen LogP contribution in [0, 0.1) is 0 Å². The Labute approximate surface area is 136 Å². The normalized spacial score (nSPS) is 20.1. The van der Waals surface area contributed by atoms with E-state index in [9.17, 15) is 4.79 Å². The lowest BCUT2D eigenvalue weighted by atomic mass is 9.78. The molecule has 2 aromatic carbocycles. The fraction of sp³-hybridized carbons (Fsp3) is 0.316. The Hall–Kier alpha value is -1.80. The van der Waals surface area contributed by atoms with Gasteiger partial charge >= 0.3 is 0 Å². The maximum Gasteiger partial charge on any atom is 0.235 e. The van der Waals surface area contributed by atoms with E-state index in [1.807, 2.05) is 25.1 Å².